The van der Waals surface area contributed by atoms with Crippen molar-refractivity contribution in [3.05, 3.63) is 78.9 Å². The first-order valence-electron chi connectivity index (χ1n) is 9.56. The molecule has 31 heavy (non-hydrogen) atoms. The summed E-state index contributed by atoms with van der Waals surface area (Å²) in [7, 11) is -2.35. The predicted molar refractivity (Wildman–Crippen MR) is 119 cm³/mol. The molecule has 8 heteroatoms. The van der Waals surface area contributed by atoms with Crippen molar-refractivity contribution in [2.45, 2.75) is 11.8 Å². The number of fused-ring (bicyclic) bond motifs is 3. The summed E-state index contributed by atoms with van der Waals surface area (Å²) in [6.45, 7) is 1.91. The Morgan fingerprint density at radius 1 is 0.935 bits per heavy atom. The molecule has 5 aromatic rings. The van der Waals surface area contributed by atoms with E-state index >= 15 is 0 Å². The summed E-state index contributed by atoms with van der Waals surface area (Å²) in [5.74, 6) is 0.541. The highest BCUT2D eigenvalue weighted by Crippen LogP contribution is 2.34. The van der Waals surface area contributed by atoms with Crippen molar-refractivity contribution in [2.24, 2.45) is 0 Å². The van der Waals surface area contributed by atoms with Crippen molar-refractivity contribution >= 4 is 32.0 Å². The molecule has 5 rings (SSSR count). The molecule has 1 aromatic carbocycles. The fourth-order valence-corrected chi connectivity index (χ4v) is 5.05. The van der Waals surface area contributed by atoms with Crippen LogP contribution in [0.15, 0.2) is 78.2 Å². The monoisotopic (exact) mass is 430 g/mol. The molecule has 0 aliphatic carbocycles. The summed E-state index contributed by atoms with van der Waals surface area (Å²) >= 11 is 0. The number of benzene rings is 1. The van der Waals surface area contributed by atoms with E-state index in [4.69, 9.17) is 4.74 Å². The molecule has 0 atom stereocenters. The molecule has 0 radical (unpaired) electrons. The van der Waals surface area contributed by atoms with Crippen LogP contribution in [-0.4, -0.2) is 34.5 Å². The largest absolute Gasteiger partial charge is 0.495 e. The van der Waals surface area contributed by atoms with Crippen molar-refractivity contribution in [3.63, 3.8) is 0 Å². The van der Waals surface area contributed by atoms with E-state index in [1.165, 1.54) is 10.2 Å². The number of pyridine rings is 3. The number of nitrogens with zero attached hydrogens (tertiary/aromatic N) is 4. The lowest BCUT2D eigenvalue weighted by Crippen LogP contribution is -2.13. The van der Waals surface area contributed by atoms with Gasteiger partial charge in [-0.3, -0.25) is 9.97 Å². The molecule has 0 amide bonds. The number of rotatable bonds is 4. The van der Waals surface area contributed by atoms with Gasteiger partial charge in [0.2, 0.25) is 0 Å². The maximum Gasteiger partial charge on any atom is 0.269 e. The summed E-state index contributed by atoms with van der Waals surface area (Å²) in [5, 5.41) is 1.38. The zero-order valence-electron chi connectivity index (χ0n) is 16.9. The van der Waals surface area contributed by atoms with E-state index < -0.39 is 10.0 Å². The zero-order chi connectivity index (χ0) is 21.6. The highest BCUT2D eigenvalue weighted by Gasteiger charge is 2.25. The Morgan fingerprint density at radius 3 is 2.45 bits per heavy atom. The summed E-state index contributed by atoms with van der Waals surface area (Å²) in [4.78, 5) is 13.3. The molecule has 0 saturated heterocycles. The number of aryl methyl sites for hydroxylation is 1. The molecule has 0 saturated carbocycles. The summed E-state index contributed by atoms with van der Waals surface area (Å²) < 4.78 is 33.8. The van der Waals surface area contributed by atoms with Gasteiger partial charge >= 0.3 is 0 Å². The third-order valence-electron chi connectivity index (χ3n) is 5.18. The van der Waals surface area contributed by atoms with Crippen LogP contribution in [0.2, 0.25) is 0 Å². The average Bonchev–Trinajstić information content (AvgIpc) is 3.13. The van der Waals surface area contributed by atoms with Gasteiger partial charge in [-0.15, -0.1) is 0 Å². The third-order valence-corrected chi connectivity index (χ3v) is 6.90. The van der Waals surface area contributed by atoms with E-state index in [0.29, 0.717) is 33.4 Å². The molecule has 4 aromatic heterocycles. The van der Waals surface area contributed by atoms with Gasteiger partial charge in [-0.1, -0.05) is 17.7 Å². The Balaban J connectivity index is 1.84. The van der Waals surface area contributed by atoms with E-state index in [9.17, 15) is 8.42 Å². The summed E-state index contributed by atoms with van der Waals surface area (Å²) in [6, 6.07) is 14.1. The van der Waals surface area contributed by atoms with Crippen molar-refractivity contribution < 1.29 is 13.2 Å². The van der Waals surface area contributed by atoms with E-state index in [0.717, 1.165) is 11.1 Å². The molecule has 4 heterocycles. The summed E-state index contributed by atoms with van der Waals surface area (Å²) in [6.07, 6.45) is 6.49. The van der Waals surface area contributed by atoms with Crippen LogP contribution in [0.3, 0.4) is 0 Å². The standard InChI is InChI=1S/C23H18N4O3S/c1-15-5-7-18(8-6-15)31(28,29)27-22-14-25-21(16-4-3-9-24-12-16)11-19(22)20-10-17(30-2)13-26-23(20)27/h3-14H,1-2H3. The number of methoxy groups -OCH3 is 1. The molecule has 7 nitrogen and oxygen atoms in total. The van der Waals surface area contributed by atoms with Crippen LogP contribution in [0.4, 0.5) is 0 Å². The predicted octanol–water partition coefficient (Wildman–Crippen LogP) is 4.20. The molecule has 0 unspecified atom stereocenters. The molecular weight excluding hydrogens is 412 g/mol. The van der Waals surface area contributed by atoms with Crippen LogP contribution in [-0.2, 0) is 10.0 Å². The Morgan fingerprint density at radius 2 is 1.74 bits per heavy atom. The molecule has 0 aliphatic rings. The average molecular weight is 430 g/mol. The van der Waals surface area contributed by atoms with Gasteiger partial charge in [-0.05, 0) is 43.3 Å². The fourth-order valence-electron chi connectivity index (χ4n) is 3.58. The third kappa shape index (κ3) is 3.12. The second-order valence-electron chi connectivity index (χ2n) is 7.16. The first-order valence-corrected chi connectivity index (χ1v) is 11.0. The minimum absolute atomic E-state index is 0.186. The Bertz CT molecular complexity index is 1530. The first kappa shape index (κ1) is 19.2. The van der Waals surface area contributed by atoms with Crippen LogP contribution < -0.4 is 4.74 Å². The first-order chi connectivity index (χ1) is 15.0. The lowest BCUT2D eigenvalue weighted by Gasteiger charge is -2.09. The van der Waals surface area contributed by atoms with Gasteiger partial charge < -0.3 is 4.74 Å². The van der Waals surface area contributed by atoms with Crippen LogP contribution in [0.1, 0.15) is 5.56 Å². The van der Waals surface area contributed by atoms with Gasteiger partial charge in [-0.2, -0.15) is 0 Å². The Hall–Kier alpha value is -3.78. The van der Waals surface area contributed by atoms with Gasteiger partial charge in [0, 0.05) is 28.7 Å². The number of hydrogen-bond acceptors (Lipinski definition) is 6. The number of aromatic nitrogens is 4. The maximum absolute atomic E-state index is 13.6. The van der Waals surface area contributed by atoms with Gasteiger partial charge in [0.05, 0.1) is 35.6 Å². The quantitative estimate of drug-likeness (QED) is 0.425. The lowest BCUT2D eigenvalue weighted by molar-refractivity contribution is 0.413. The Labute approximate surface area is 179 Å². The van der Waals surface area contributed by atoms with Gasteiger partial charge in [0.1, 0.15) is 5.75 Å². The normalized spacial score (nSPS) is 11.8. The summed E-state index contributed by atoms with van der Waals surface area (Å²) in [5.41, 5.74) is 3.27. The lowest BCUT2D eigenvalue weighted by atomic mass is 10.1. The van der Waals surface area contributed by atoms with Crippen LogP contribution in [0.25, 0.3) is 33.2 Å². The van der Waals surface area contributed by atoms with E-state index in [1.807, 2.05) is 25.1 Å². The molecule has 0 bridgehead atoms. The van der Waals surface area contributed by atoms with E-state index in [1.54, 1.807) is 56.0 Å². The van der Waals surface area contributed by atoms with E-state index in [-0.39, 0.29) is 4.90 Å². The second-order valence-corrected chi connectivity index (χ2v) is 8.94. The SMILES string of the molecule is COc1cnc2c(c1)c1cc(-c3cccnc3)ncc1n2S(=O)(=O)c1ccc(C)cc1. The minimum Gasteiger partial charge on any atom is -0.495 e. The van der Waals surface area contributed by atoms with Gasteiger partial charge in [0.15, 0.2) is 5.65 Å². The van der Waals surface area contributed by atoms with Crippen molar-refractivity contribution in [2.75, 3.05) is 7.11 Å². The van der Waals surface area contributed by atoms with Crippen LogP contribution in [0.5, 0.6) is 5.75 Å². The second kappa shape index (κ2) is 7.17. The van der Waals surface area contributed by atoms with Crippen LogP contribution in [0, 0.1) is 6.92 Å². The van der Waals surface area contributed by atoms with E-state index in [2.05, 4.69) is 15.0 Å². The molecular formula is C23H18N4O3S. The highest BCUT2D eigenvalue weighted by atomic mass is 32.2. The number of hydrogen-bond donors (Lipinski definition) is 0. The topological polar surface area (TPSA) is 87.0 Å². The smallest absolute Gasteiger partial charge is 0.269 e. The molecule has 154 valence electrons. The van der Waals surface area contributed by atoms with Crippen LogP contribution >= 0.6 is 0 Å². The minimum atomic E-state index is -3.90. The number of ether oxygens (including phenoxy) is 1. The zero-order valence-corrected chi connectivity index (χ0v) is 17.7. The van der Waals surface area contributed by atoms with Gasteiger partial charge in [-0.25, -0.2) is 17.4 Å². The molecule has 0 N–H and O–H groups in total. The highest BCUT2D eigenvalue weighted by molar-refractivity contribution is 7.90. The molecule has 0 aliphatic heterocycles. The maximum atomic E-state index is 13.6. The van der Waals surface area contributed by atoms with Crippen molar-refractivity contribution in [1.82, 2.24) is 18.9 Å². The molecule has 0 spiro atoms. The van der Waals surface area contributed by atoms with Crippen molar-refractivity contribution in [3.8, 4) is 17.0 Å². The Kier molecular flexibility index (Phi) is 4.44. The fraction of sp³-hybridized carbons (Fsp3) is 0.0870. The van der Waals surface area contributed by atoms with Crippen molar-refractivity contribution in [1.29, 1.82) is 0 Å². The van der Waals surface area contributed by atoms with Gasteiger partial charge in [0.25, 0.3) is 10.0 Å². The molecule has 0 fully saturated rings.